The van der Waals surface area contributed by atoms with Crippen LogP contribution in [0.25, 0.3) is 0 Å². The van der Waals surface area contributed by atoms with Crippen LogP contribution in [-0.4, -0.2) is 47.4 Å². The second-order valence-electron chi connectivity index (χ2n) is 26.3. The van der Waals surface area contributed by atoms with Crippen LogP contribution in [0.4, 0.5) is 0 Å². The minimum atomic E-state index is -0.671. The van der Waals surface area contributed by atoms with E-state index in [1.54, 1.807) is 0 Å². The van der Waals surface area contributed by atoms with Crippen molar-refractivity contribution in [2.75, 3.05) is 13.2 Å². The van der Waals surface area contributed by atoms with Crippen LogP contribution in [0.1, 0.15) is 425 Å². The Labute approximate surface area is 525 Å². The summed E-state index contributed by atoms with van der Waals surface area (Å²) in [5.41, 5.74) is 0. The van der Waals surface area contributed by atoms with Crippen molar-refractivity contribution in [1.82, 2.24) is 5.32 Å². The number of aliphatic hydroxyl groups excluding tert-OH is 2. The number of carbonyl (C=O) groups is 2. The topological polar surface area (TPSA) is 95.9 Å². The number of unbranched alkanes of at least 4 members (excludes halogenated alkanes) is 55. The summed E-state index contributed by atoms with van der Waals surface area (Å²) in [5, 5.41) is 23.5. The lowest BCUT2D eigenvalue weighted by Crippen LogP contribution is -2.45. The van der Waals surface area contributed by atoms with Crippen LogP contribution >= 0.6 is 0 Å². The van der Waals surface area contributed by atoms with E-state index in [9.17, 15) is 19.8 Å². The molecule has 0 saturated heterocycles. The lowest BCUT2D eigenvalue weighted by atomic mass is 10.0. The summed E-state index contributed by atoms with van der Waals surface area (Å²) in [4.78, 5) is 24.7. The number of aliphatic hydroxyl groups is 2. The van der Waals surface area contributed by atoms with Crippen molar-refractivity contribution in [2.24, 2.45) is 0 Å². The SMILES string of the molecule is CCCCC/C=C\C/C=C\CCCCCCCCCCCC(=O)OCCCCCCCCCCCCCC/C=C\CCCCCCCCCC(=O)NC(CO)C(O)CCCCCCCCCCCCCCCCCCCCCCCCCCC. The molecule has 0 aromatic rings. The first kappa shape index (κ1) is 82.1. The van der Waals surface area contributed by atoms with Crippen LogP contribution in [0.2, 0.25) is 0 Å². The predicted octanol–water partition coefficient (Wildman–Crippen LogP) is 25.0. The number of hydrogen-bond acceptors (Lipinski definition) is 5. The van der Waals surface area contributed by atoms with Crippen molar-refractivity contribution in [1.29, 1.82) is 0 Å². The van der Waals surface area contributed by atoms with Gasteiger partial charge in [0.2, 0.25) is 5.91 Å². The van der Waals surface area contributed by atoms with E-state index in [1.165, 1.54) is 340 Å². The van der Waals surface area contributed by atoms with Crippen LogP contribution in [0, 0.1) is 0 Å². The van der Waals surface area contributed by atoms with Gasteiger partial charge in [-0.15, -0.1) is 0 Å². The number of allylic oxidation sites excluding steroid dienone is 6. The monoisotopic (exact) mass is 1180 g/mol. The average molecular weight is 1180 g/mol. The Kier molecular flexibility index (Phi) is 71.9. The van der Waals surface area contributed by atoms with Gasteiger partial charge in [-0.3, -0.25) is 9.59 Å². The van der Waals surface area contributed by atoms with E-state index in [1.807, 2.05) is 0 Å². The Morgan fingerprint density at radius 2 is 0.595 bits per heavy atom. The van der Waals surface area contributed by atoms with Crippen molar-refractivity contribution in [2.45, 2.75) is 437 Å². The van der Waals surface area contributed by atoms with Crippen molar-refractivity contribution >= 4 is 11.9 Å². The maximum atomic E-state index is 12.6. The van der Waals surface area contributed by atoms with Crippen LogP contribution in [0.3, 0.4) is 0 Å². The third-order valence-corrected chi connectivity index (χ3v) is 17.9. The highest BCUT2D eigenvalue weighted by atomic mass is 16.5. The molecule has 0 aliphatic carbocycles. The minimum Gasteiger partial charge on any atom is -0.466 e. The summed E-state index contributed by atoms with van der Waals surface area (Å²) >= 11 is 0. The van der Waals surface area contributed by atoms with E-state index in [0.29, 0.717) is 25.9 Å². The second-order valence-corrected chi connectivity index (χ2v) is 26.3. The van der Waals surface area contributed by atoms with Crippen LogP contribution in [0.15, 0.2) is 36.5 Å². The molecule has 0 saturated carbocycles. The van der Waals surface area contributed by atoms with Gasteiger partial charge in [0.25, 0.3) is 0 Å². The highest BCUT2D eigenvalue weighted by molar-refractivity contribution is 5.76. The fourth-order valence-corrected chi connectivity index (χ4v) is 12.1. The Morgan fingerprint density at radius 3 is 0.940 bits per heavy atom. The predicted molar refractivity (Wildman–Crippen MR) is 370 cm³/mol. The first-order valence-electron chi connectivity index (χ1n) is 38.2. The molecule has 2 unspecified atom stereocenters. The van der Waals surface area contributed by atoms with Gasteiger partial charge in [0.15, 0.2) is 0 Å². The highest BCUT2D eigenvalue weighted by Crippen LogP contribution is 2.19. The molecule has 6 nitrogen and oxygen atoms in total. The van der Waals surface area contributed by atoms with Gasteiger partial charge in [0.05, 0.1) is 25.4 Å². The van der Waals surface area contributed by atoms with Gasteiger partial charge in [-0.25, -0.2) is 0 Å². The normalized spacial score (nSPS) is 12.7. The maximum absolute atomic E-state index is 12.6. The first-order valence-corrected chi connectivity index (χ1v) is 38.2. The molecule has 0 spiro atoms. The molecular weight excluding hydrogens is 1030 g/mol. The summed E-state index contributed by atoms with van der Waals surface area (Å²) in [6.07, 6.45) is 94.9. The van der Waals surface area contributed by atoms with Crippen LogP contribution in [0.5, 0.6) is 0 Å². The fourth-order valence-electron chi connectivity index (χ4n) is 12.1. The summed E-state index contributed by atoms with van der Waals surface area (Å²) < 4.78 is 5.51. The Morgan fingerprint density at radius 1 is 0.333 bits per heavy atom. The molecule has 0 radical (unpaired) electrons. The van der Waals surface area contributed by atoms with E-state index in [-0.39, 0.29) is 18.5 Å². The molecule has 0 aliphatic heterocycles. The second kappa shape index (κ2) is 73.5. The van der Waals surface area contributed by atoms with E-state index < -0.39 is 12.1 Å². The molecular formula is C78H149NO5. The van der Waals surface area contributed by atoms with Gasteiger partial charge in [-0.05, 0) is 83.5 Å². The molecule has 0 heterocycles. The van der Waals surface area contributed by atoms with Crippen LogP contribution < -0.4 is 5.32 Å². The molecule has 2 atom stereocenters. The molecule has 84 heavy (non-hydrogen) atoms. The minimum absolute atomic E-state index is 0.00873. The molecule has 0 aliphatic rings. The lowest BCUT2D eigenvalue weighted by Gasteiger charge is -2.22. The number of nitrogens with one attached hydrogen (secondary N) is 1. The fraction of sp³-hybridized carbons (Fsp3) is 0.897. The van der Waals surface area contributed by atoms with Crippen molar-refractivity contribution < 1.29 is 24.5 Å². The molecule has 3 N–H and O–H groups in total. The number of esters is 1. The van der Waals surface area contributed by atoms with Gasteiger partial charge in [-0.2, -0.15) is 0 Å². The van der Waals surface area contributed by atoms with E-state index in [2.05, 4.69) is 55.6 Å². The first-order chi connectivity index (χ1) is 41.5. The zero-order chi connectivity index (χ0) is 60.6. The number of carbonyl (C=O) groups excluding carboxylic acids is 2. The molecule has 6 heteroatoms. The zero-order valence-corrected chi connectivity index (χ0v) is 56.9. The number of ether oxygens (including phenoxy) is 1. The standard InChI is InChI=1S/C78H149NO5/c1-3-5-7-9-11-13-15-17-19-21-23-24-25-26-28-31-35-38-42-46-50-54-58-62-66-70-76(81)75(74-80)79-77(82)71-67-63-59-55-51-47-43-39-36-32-29-27-30-33-37-41-45-49-53-57-61-65-69-73-84-78(83)72-68-64-60-56-52-48-44-40-34-22-20-18-16-14-12-10-8-6-4-2/h12,14,18,20,32,36,75-76,80-81H,3-11,13,15-17,19,21-31,33-35,37-74H2,1-2H3,(H,79,82)/b14-12-,20-18-,36-32-. The smallest absolute Gasteiger partial charge is 0.305 e. The maximum Gasteiger partial charge on any atom is 0.305 e. The van der Waals surface area contributed by atoms with Crippen molar-refractivity contribution in [3.05, 3.63) is 36.5 Å². The van der Waals surface area contributed by atoms with E-state index in [0.717, 1.165) is 51.4 Å². The average Bonchev–Trinajstić information content (AvgIpc) is 3.51. The van der Waals surface area contributed by atoms with Crippen molar-refractivity contribution in [3.8, 4) is 0 Å². The van der Waals surface area contributed by atoms with Gasteiger partial charge < -0.3 is 20.3 Å². The number of amides is 1. The lowest BCUT2D eigenvalue weighted by molar-refractivity contribution is -0.143. The molecule has 0 bridgehead atoms. The summed E-state index contributed by atoms with van der Waals surface area (Å²) in [5.74, 6) is -0.0277. The molecule has 496 valence electrons. The van der Waals surface area contributed by atoms with Gasteiger partial charge >= 0.3 is 5.97 Å². The third kappa shape index (κ3) is 69.2. The summed E-state index contributed by atoms with van der Waals surface area (Å²) in [6, 6.07) is -0.548. The Bertz CT molecular complexity index is 1360. The van der Waals surface area contributed by atoms with Crippen molar-refractivity contribution in [3.63, 3.8) is 0 Å². The highest BCUT2D eigenvalue weighted by Gasteiger charge is 2.20. The van der Waals surface area contributed by atoms with Gasteiger partial charge in [0, 0.05) is 12.8 Å². The number of hydrogen-bond donors (Lipinski definition) is 3. The summed E-state index contributed by atoms with van der Waals surface area (Å²) in [6.45, 7) is 4.97. The van der Waals surface area contributed by atoms with Gasteiger partial charge in [0.1, 0.15) is 0 Å². The molecule has 0 rings (SSSR count). The molecule has 0 aromatic heterocycles. The number of rotatable bonds is 72. The Hall–Kier alpha value is -1.92. The molecule has 0 aromatic carbocycles. The quantitative estimate of drug-likeness (QED) is 0.0320. The zero-order valence-electron chi connectivity index (χ0n) is 56.9. The van der Waals surface area contributed by atoms with E-state index >= 15 is 0 Å². The Balaban J connectivity index is 3.40. The van der Waals surface area contributed by atoms with Crippen LogP contribution in [-0.2, 0) is 14.3 Å². The molecule has 0 fully saturated rings. The molecule has 1 amide bonds. The van der Waals surface area contributed by atoms with Gasteiger partial charge in [-0.1, -0.05) is 365 Å². The third-order valence-electron chi connectivity index (χ3n) is 17.9. The largest absolute Gasteiger partial charge is 0.466 e. The van der Waals surface area contributed by atoms with E-state index in [4.69, 9.17) is 4.74 Å². The summed E-state index contributed by atoms with van der Waals surface area (Å²) in [7, 11) is 0.